The Kier molecular flexibility index (Phi) is 4.04. The van der Waals surface area contributed by atoms with Crippen LogP contribution in [0, 0.1) is 5.41 Å². The number of rotatable bonds is 3. The van der Waals surface area contributed by atoms with Crippen LogP contribution in [0.25, 0.3) is 5.76 Å². The van der Waals surface area contributed by atoms with Gasteiger partial charge in [0, 0.05) is 0 Å². The normalized spacial score (nSPS) is 20.6. The number of ketones is 1. The van der Waals surface area contributed by atoms with Crippen molar-refractivity contribution >= 4 is 36.9 Å². The van der Waals surface area contributed by atoms with Gasteiger partial charge in [-0.05, 0) is 0 Å². The van der Waals surface area contributed by atoms with Gasteiger partial charge < -0.3 is 0 Å². The van der Waals surface area contributed by atoms with Crippen LogP contribution in [0.15, 0.2) is 89.4 Å². The summed E-state index contributed by atoms with van der Waals surface area (Å²) in [5.74, 6) is -0.0252. The maximum absolute atomic E-state index is 13.5. The van der Waals surface area contributed by atoms with E-state index in [0.29, 0.717) is 17.7 Å². The van der Waals surface area contributed by atoms with Crippen molar-refractivity contribution in [2.75, 3.05) is 0 Å². The van der Waals surface area contributed by atoms with Gasteiger partial charge in [-0.25, -0.2) is 0 Å². The summed E-state index contributed by atoms with van der Waals surface area (Å²) in [7, 11) is 0. The topological polar surface area (TPSA) is 43.4 Å². The third-order valence-corrected chi connectivity index (χ3v) is 7.86. The number of benzene rings is 3. The molecule has 136 valence electrons. The molecular weight excluding hydrogens is 415 g/mol. The first-order chi connectivity index (χ1) is 13.7. The van der Waals surface area contributed by atoms with Crippen LogP contribution in [-0.4, -0.2) is 26.7 Å². The Hall–Kier alpha value is -2.94. The Balaban J connectivity index is 1.71. The molecule has 3 nitrogen and oxygen atoms in total. The molecule has 0 N–H and O–H groups in total. The van der Waals surface area contributed by atoms with Gasteiger partial charge in [0.2, 0.25) is 0 Å². The van der Waals surface area contributed by atoms with Crippen molar-refractivity contribution in [2.24, 2.45) is 5.41 Å². The van der Waals surface area contributed by atoms with Crippen LogP contribution in [0.1, 0.15) is 21.5 Å². The van der Waals surface area contributed by atoms with Gasteiger partial charge in [-0.2, -0.15) is 0 Å². The molecule has 0 amide bonds. The fourth-order valence-electron chi connectivity index (χ4n) is 3.87. The van der Waals surface area contributed by atoms with Gasteiger partial charge in [0.25, 0.3) is 0 Å². The molecule has 3 aromatic rings. The SMILES string of the molecule is O=C1OC(c2ccccc2)=C([Se]c2ccccc2)C12Cc1ccccc1C2=O. The molecule has 1 aliphatic heterocycles. The van der Waals surface area contributed by atoms with Crippen LogP contribution in [0.2, 0.25) is 0 Å². The van der Waals surface area contributed by atoms with E-state index in [1.165, 1.54) is 0 Å². The van der Waals surface area contributed by atoms with E-state index in [-0.39, 0.29) is 20.7 Å². The summed E-state index contributed by atoms with van der Waals surface area (Å²) in [5, 5.41) is 0. The summed E-state index contributed by atoms with van der Waals surface area (Å²) in [6.07, 6.45) is 0.376. The van der Waals surface area contributed by atoms with Gasteiger partial charge in [0.1, 0.15) is 0 Å². The standard InChI is InChI=1S/C24H16O3Se/c25-21-19-14-8-7-11-17(19)15-24(21)22(28-18-12-5-2-6-13-18)20(27-23(24)26)16-9-3-1-4-10-16/h1-14H,15H2. The Morgan fingerprint density at radius 2 is 1.43 bits per heavy atom. The second kappa shape index (κ2) is 6.59. The summed E-state index contributed by atoms with van der Waals surface area (Å²) < 4.78 is 7.74. The van der Waals surface area contributed by atoms with E-state index in [0.717, 1.165) is 20.1 Å². The van der Waals surface area contributed by atoms with E-state index in [2.05, 4.69) is 0 Å². The number of carbonyl (C=O) groups excluding carboxylic acids is 2. The summed E-state index contributed by atoms with van der Waals surface area (Å²) in [5.41, 5.74) is 1.16. The molecule has 1 spiro atoms. The Bertz CT molecular complexity index is 1120. The van der Waals surface area contributed by atoms with Crippen LogP contribution in [0.5, 0.6) is 0 Å². The molecule has 0 fully saturated rings. The van der Waals surface area contributed by atoms with Crippen molar-refractivity contribution in [2.45, 2.75) is 6.42 Å². The number of hydrogen-bond acceptors (Lipinski definition) is 3. The van der Waals surface area contributed by atoms with Gasteiger partial charge >= 0.3 is 169 Å². The fourth-order valence-corrected chi connectivity index (χ4v) is 6.40. The molecule has 0 saturated heterocycles. The van der Waals surface area contributed by atoms with Gasteiger partial charge in [0.05, 0.1) is 0 Å². The predicted molar refractivity (Wildman–Crippen MR) is 108 cm³/mol. The molecule has 3 aromatic carbocycles. The Labute approximate surface area is 169 Å². The first-order valence-electron chi connectivity index (χ1n) is 9.08. The van der Waals surface area contributed by atoms with E-state index < -0.39 is 11.4 Å². The van der Waals surface area contributed by atoms with E-state index in [9.17, 15) is 9.59 Å². The first kappa shape index (κ1) is 17.2. The Morgan fingerprint density at radius 3 is 2.14 bits per heavy atom. The van der Waals surface area contributed by atoms with Crippen LogP contribution >= 0.6 is 0 Å². The average Bonchev–Trinajstić information content (AvgIpc) is 3.19. The molecule has 1 aliphatic carbocycles. The van der Waals surface area contributed by atoms with Crippen molar-refractivity contribution in [1.82, 2.24) is 0 Å². The molecule has 0 bridgehead atoms. The molecule has 1 heterocycles. The van der Waals surface area contributed by atoms with Gasteiger partial charge in [-0.15, -0.1) is 0 Å². The van der Waals surface area contributed by atoms with Gasteiger partial charge in [-0.3, -0.25) is 0 Å². The zero-order valence-corrected chi connectivity index (χ0v) is 16.6. The number of ether oxygens (including phenoxy) is 1. The zero-order valence-electron chi connectivity index (χ0n) is 14.9. The van der Waals surface area contributed by atoms with Crippen LogP contribution in [0.4, 0.5) is 0 Å². The monoisotopic (exact) mass is 432 g/mol. The predicted octanol–water partition coefficient (Wildman–Crippen LogP) is 3.37. The van der Waals surface area contributed by atoms with Crippen molar-refractivity contribution in [1.29, 1.82) is 0 Å². The minimum absolute atomic E-state index is 0.133. The summed E-state index contributed by atoms with van der Waals surface area (Å²) in [4.78, 5) is 26.7. The molecule has 0 aromatic heterocycles. The zero-order chi connectivity index (χ0) is 19.1. The second-order valence-corrected chi connectivity index (χ2v) is 9.17. The van der Waals surface area contributed by atoms with E-state index in [1.54, 1.807) is 0 Å². The molecular formula is C24H16O3Se. The number of hydrogen-bond donors (Lipinski definition) is 0. The van der Waals surface area contributed by atoms with Gasteiger partial charge in [0.15, 0.2) is 0 Å². The third kappa shape index (κ3) is 2.50. The number of cyclic esters (lactones) is 1. The summed E-state index contributed by atoms with van der Waals surface area (Å²) in [6.45, 7) is 0. The molecule has 0 saturated carbocycles. The molecule has 1 unspecified atom stereocenters. The van der Waals surface area contributed by atoms with E-state index in [4.69, 9.17) is 4.74 Å². The maximum atomic E-state index is 13.5. The van der Waals surface area contributed by atoms with Crippen LogP contribution < -0.4 is 4.46 Å². The second-order valence-electron chi connectivity index (χ2n) is 6.90. The van der Waals surface area contributed by atoms with E-state index in [1.807, 2.05) is 84.9 Å². The van der Waals surface area contributed by atoms with E-state index >= 15 is 0 Å². The quantitative estimate of drug-likeness (QED) is 0.363. The van der Waals surface area contributed by atoms with Crippen molar-refractivity contribution in [3.8, 4) is 0 Å². The molecule has 2 aliphatic rings. The minimum atomic E-state index is -1.23. The van der Waals surface area contributed by atoms with Crippen molar-refractivity contribution in [3.05, 3.63) is 106 Å². The van der Waals surface area contributed by atoms with Crippen LogP contribution in [-0.2, 0) is 16.0 Å². The molecule has 0 radical (unpaired) electrons. The average molecular weight is 431 g/mol. The first-order valence-corrected chi connectivity index (χ1v) is 10.8. The molecule has 4 heteroatoms. The van der Waals surface area contributed by atoms with Crippen LogP contribution in [0.3, 0.4) is 0 Å². The van der Waals surface area contributed by atoms with Crippen molar-refractivity contribution in [3.63, 3.8) is 0 Å². The number of carbonyl (C=O) groups is 2. The molecule has 28 heavy (non-hydrogen) atoms. The molecule has 5 rings (SSSR count). The number of fused-ring (bicyclic) bond motifs is 1. The third-order valence-electron chi connectivity index (χ3n) is 5.24. The number of esters is 1. The number of Topliss-reactive ketones (excluding diaryl/α,β-unsaturated/α-hetero) is 1. The summed E-state index contributed by atoms with van der Waals surface area (Å²) in [6, 6.07) is 27.1. The summed E-state index contributed by atoms with van der Waals surface area (Å²) >= 11 is -0.212. The van der Waals surface area contributed by atoms with Crippen molar-refractivity contribution < 1.29 is 14.3 Å². The van der Waals surface area contributed by atoms with Gasteiger partial charge in [-0.1, -0.05) is 0 Å². The Morgan fingerprint density at radius 1 is 0.786 bits per heavy atom. The fraction of sp³-hybridized carbons (Fsp3) is 0.0833. The molecule has 1 atom stereocenters.